The maximum Gasteiger partial charge on any atom is 0.373 e. The highest BCUT2D eigenvalue weighted by Gasteiger charge is 2.28. The number of hydrogen-bond donors (Lipinski definition) is 0. The highest BCUT2D eigenvalue weighted by Crippen LogP contribution is 2.34. The zero-order chi connectivity index (χ0) is 14.4. The fourth-order valence-electron chi connectivity index (χ4n) is 2.61. The van der Waals surface area contributed by atoms with Gasteiger partial charge in [0.1, 0.15) is 0 Å². The van der Waals surface area contributed by atoms with E-state index in [4.69, 9.17) is 9.78 Å². The van der Waals surface area contributed by atoms with E-state index in [-0.39, 0.29) is 0 Å². The van der Waals surface area contributed by atoms with Gasteiger partial charge in [-0.25, -0.2) is 4.79 Å². The van der Waals surface area contributed by atoms with Gasteiger partial charge >= 0.3 is 5.97 Å². The van der Waals surface area contributed by atoms with Gasteiger partial charge in [0.05, 0.1) is 5.56 Å². The van der Waals surface area contributed by atoms with Crippen LogP contribution in [0.3, 0.4) is 0 Å². The molecule has 0 N–H and O–H groups in total. The molecular weight excluding hydrogens is 252 g/mol. The third-order valence-corrected chi connectivity index (χ3v) is 4.00. The molecule has 1 aromatic carbocycles. The van der Waals surface area contributed by atoms with Crippen LogP contribution in [0, 0.1) is 12.0 Å². The van der Waals surface area contributed by atoms with Crippen LogP contribution in [0.5, 0.6) is 0 Å². The van der Waals surface area contributed by atoms with E-state index in [0.717, 1.165) is 38.2 Å². The molecule has 1 radical (unpaired) electrons. The van der Waals surface area contributed by atoms with Crippen molar-refractivity contribution in [2.75, 3.05) is 0 Å². The standard InChI is InChI=1S/C17H23O3/c1-3-13-9-11-15(12-10-13)17(18)20-19-16-8-6-5-7-14(16)4-2/h9-12,14H,3-8H2,1-2H3. The van der Waals surface area contributed by atoms with Crippen LogP contribution in [0.2, 0.25) is 0 Å². The van der Waals surface area contributed by atoms with Gasteiger partial charge in [-0.3, -0.25) is 4.89 Å². The molecule has 0 amide bonds. The number of aryl methyl sites for hydroxylation is 1. The summed E-state index contributed by atoms with van der Waals surface area (Å²) in [6, 6.07) is 7.46. The fraction of sp³-hybridized carbons (Fsp3) is 0.529. The Morgan fingerprint density at radius 1 is 1.20 bits per heavy atom. The van der Waals surface area contributed by atoms with E-state index in [1.165, 1.54) is 12.0 Å². The molecule has 1 unspecified atom stereocenters. The Morgan fingerprint density at radius 2 is 1.95 bits per heavy atom. The maximum absolute atomic E-state index is 11.9. The Labute approximate surface area is 121 Å². The molecule has 1 aromatic rings. The molecule has 3 heteroatoms. The first-order chi connectivity index (χ1) is 9.74. The third-order valence-electron chi connectivity index (χ3n) is 4.00. The molecule has 0 aliphatic heterocycles. The highest BCUT2D eigenvalue weighted by molar-refractivity contribution is 5.88. The van der Waals surface area contributed by atoms with Crippen LogP contribution < -0.4 is 0 Å². The molecule has 20 heavy (non-hydrogen) atoms. The number of benzene rings is 1. The minimum atomic E-state index is -0.416. The van der Waals surface area contributed by atoms with Crippen molar-refractivity contribution < 1.29 is 14.6 Å². The minimum Gasteiger partial charge on any atom is -0.292 e. The van der Waals surface area contributed by atoms with Crippen molar-refractivity contribution in [1.82, 2.24) is 0 Å². The van der Waals surface area contributed by atoms with Gasteiger partial charge in [0, 0.05) is 0 Å². The highest BCUT2D eigenvalue weighted by atomic mass is 17.2. The summed E-state index contributed by atoms with van der Waals surface area (Å²) in [7, 11) is 0. The lowest BCUT2D eigenvalue weighted by Gasteiger charge is -2.27. The first-order valence-electron chi connectivity index (χ1n) is 7.58. The number of hydrogen-bond acceptors (Lipinski definition) is 3. The van der Waals surface area contributed by atoms with Crippen LogP contribution in [0.25, 0.3) is 0 Å². The Bertz CT molecular complexity index is 424. The van der Waals surface area contributed by atoms with Crippen molar-refractivity contribution in [2.24, 2.45) is 5.92 Å². The summed E-state index contributed by atoms with van der Waals surface area (Å²) < 4.78 is 0. The van der Waals surface area contributed by atoms with E-state index < -0.39 is 5.97 Å². The first-order valence-corrected chi connectivity index (χ1v) is 7.58. The summed E-state index contributed by atoms with van der Waals surface area (Å²) in [5.74, 6) is 0.0135. The van der Waals surface area contributed by atoms with E-state index in [0.29, 0.717) is 11.5 Å². The number of carbonyl (C=O) groups is 1. The SMILES string of the molecule is CCc1ccc(C(=O)OO[C]2CCCCC2CC)cc1. The zero-order valence-electron chi connectivity index (χ0n) is 12.4. The molecule has 0 aromatic heterocycles. The van der Waals surface area contributed by atoms with Crippen LogP contribution in [0.15, 0.2) is 24.3 Å². The number of carbonyl (C=O) groups excluding carboxylic acids is 1. The molecule has 0 heterocycles. The third kappa shape index (κ3) is 3.83. The van der Waals surface area contributed by atoms with E-state index in [2.05, 4.69) is 13.8 Å². The second kappa shape index (κ2) is 7.44. The summed E-state index contributed by atoms with van der Waals surface area (Å²) in [4.78, 5) is 22.2. The molecule has 1 aliphatic rings. The second-order valence-electron chi connectivity index (χ2n) is 5.32. The van der Waals surface area contributed by atoms with E-state index in [9.17, 15) is 4.79 Å². The fourth-order valence-corrected chi connectivity index (χ4v) is 2.61. The average molecular weight is 275 g/mol. The predicted molar refractivity (Wildman–Crippen MR) is 77.8 cm³/mol. The molecule has 109 valence electrons. The lowest BCUT2D eigenvalue weighted by molar-refractivity contribution is -0.247. The van der Waals surface area contributed by atoms with Gasteiger partial charge in [0.15, 0.2) is 6.10 Å². The Morgan fingerprint density at radius 3 is 2.60 bits per heavy atom. The Hall–Kier alpha value is -1.35. The van der Waals surface area contributed by atoms with E-state index >= 15 is 0 Å². The summed E-state index contributed by atoms with van der Waals surface area (Å²) in [6.07, 6.45) is 7.32. The van der Waals surface area contributed by atoms with Crippen molar-refractivity contribution in [3.05, 3.63) is 41.5 Å². The lowest BCUT2D eigenvalue weighted by atomic mass is 9.85. The molecule has 1 atom stereocenters. The van der Waals surface area contributed by atoms with Crippen molar-refractivity contribution in [3.63, 3.8) is 0 Å². The normalized spacial score (nSPS) is 19.8. The van der Waals surface area contributed by atoms with Gasteiger partial charge in [-0.15, -0.1) is 0 Å². The topological polar surface area (TPSA) is 35.5 Å². The maximum atomic E-state index is 11.9. The van der Waals surface area contributed by atoms with Crippen LogP contribution in [0.1, 0.15) is 61.9 Å². The lowest BCUT2D eigenvalue weighted by Crippen LogP contribution is -2.21. The van der Waals surface area contributed by atoms with E-state index in [1.807, 2.05) is 12.1 Å². The zero-order valence-corrected chi connectivity index (χ0v) is 12.4. The smallest absolute Gasteiger partial charge is 0.292 e. The Kier molecular flexibility index (Phi) is 5.60. The first kappa shape index (κ1) is 15.0. The summed E-state index contributed by atoms with van der Waals surface area (Å²) in [5.41, 5.74) is 1.74. The van der Waals surface area contributed by atoms with Gasteiger partial charge in [-0.2, -0.15) is 4.89 Å². The quantitative estimate of drug-likeness (QED) is 0.587. The molecule has 2 rings (SSSR count). The van der Waals surface area contributed by atoms with Crippen molar-refractivity contribution in [2.45, 2.75) is 52.4 Å². The molecule has 1 aliphatic carbocycles. The number of rotatable bonds is 5. The summed E-state index contributed by atoms with van der Waals surface area (Å²) >= 11 is 0. The molecule has 1 saturated carbocycles. The van der Waals surface area contributed by atoms with Gasteiger partial charge in [0.25, 0.3) is 0 Å². The average Bonchev–Trinajstić information content (AvgIpc) is 2.53. The second-order valence-corrected chi connectivity index (χ2v) is 5.32. The molecule has 0 spiro atoms. The molecule has 1 fully saturated rings. The monoisotopic (exact) mass is 275 g/mol. The van der Waals surface area contributed by atoms with E-state index in [1.54, 1.807) is 12.1 Å². The van der Waals surface area contributed by atoms with Crippen molar-refractivity contribution in [1.29, 1.82) is 0 Å². The Balaban J connectivity index is 1.87. The largest absolute Gasteiger partial charge is 0.373 e. The molecule has 0 bridgehead atoms. The molecule has 0 saturated heterocycles. The van der Waals surface area contributed by atoms with Gasteiger partial charge in [-0.05, 0) is 42.9 Å². The van der Waals surface area contributed by atoms with Crippen LogP contribution in [0.4, 0.5) is 0 Å². The molecule has 3 nitrogen and oxygen atoms in total. The predicted octanol–water partition coefficient (Wildman–Crippen LogP) is 4.47. The van der Waals surface area contributed by atoms with Gasteiger partial charge < -0.3 is 0 Å². The molecular formula is C17H23O3. The van der Waals surface area contributed by atoms with Crippen molar-refractivity contribution in [3.8, 4) is 0 Å². The van der Waals surface area contributed by atoms with Crippen molar-refractivity contribution >= 4 is 5.97 Å². The van der Waals surface area contributed by atoms with Crippen LogP contribution in [-0.4, -0.2) is 5.97 Å². The van der Waals surface area contributed by atoms with Crippen LogP contribution in [-0.2, 0) is 16.2 Å². The minimum absolute atomic E-state index is 0.416. The summed E-state index contributed by atoms with van der Waals surface area (Å²) in [5, 5.41) is 0. The van der Waals surface area contributed by atoms with Gasteiger partial charge in [0.2, 0.25) is 0 Å². The summed E-state index contributed by atoms with van der Waals surface area (Å²) in [6.45, 7) is 4.23. The van der Waals surface area contributed by atoms with Crippen LogP contribution >= 0.6 is 0 Å². The van der Waals surface area contributed by atoms with Gasteiger partial charge in [-0.1, -0.05) is 45.2 Å².